The monoisotopic (exact) mass is 302 g/mol. The fourth-order valence-corrected chi connectivity index (χ4v) is 2.87. The number of carbonyl (C=O) groups is 1. The summed E-state index contributed by atoms with van der Waals surface area (Å²) in [6.45, 7) is 2.31. The van der Waals surface area contributed by atoms with E-state index in [9.17, 15) is 18.0 Å². The Labute approximate surface area is 117 Å². The summed E-state index contributed by atoms with van der Waals surface area (Å²) >= 11 is 1.11. The van der Waals surface area contributed by atoms with E-state index in [0.29, 0.717) is 11.2 Å². The molecular weight excluding hydrogens is 289 g/mol. The van der Waals surface area contributed by atoms with Crippen LogP contribution in [-0.2, 0) is 6.18 Å². The van der Waals surface area contributed by atoms with Gasteiger partial charge in [0.25, 0.3) is 5.91 Å². The third-order valence-corrected chi connectivity index (χ3v) is 4.24. The number of halogens is 3. The molecule has 3 nitrogen and oxygen atoms in total. The Morgan fingerprint density at radius 1 is 1.40 bits per heavy atom. The van der Waals surface area contributed by atoms with Crippen LogP contribution in [0.3, 0.4) is 0 Å². The Balaban J connectivity index is 2.56. The van der Waals surface area contributed by atoms with Crippen LogP contribution in [0.5, 0.6) is 0 Å². The van der Waals surface area contributed by atoms with Crippen LogP contribution >= 0.6 is 11.3 Å². The van der Waals surface area contributed by atoms with Crippen molar-refractivity contribution in [2.45, 2.75) is 13.1 Å². The molecule has 2 rings (SSSR count). The van der Waals surface area contributed by atoms with E-state index in [-0.39, 0.29) is 21.9 Å². The molecule has 0 aliphatic rings. The molecule has 20 heavy (non-hydrogen) atoms. The summed E-state index contributed by atoms with van der Waals surface area (Å²) in [4.78, 5) is 13.8. The Hall–Kier alpha value is -1.76. The molecule has 108 valence electrons. The standard InChI is InChI=1S/C13H13F3N2OS/c1-3-18(2)12(19)11-10(17)8-6-7(13(14,15)16)4-5-9(8)20-11/h4-6H,3,17H2,1-2H3. The quantitative estimate of drug-likeness (QED) is 0.921. The molecule has 0 saturated carbocycles. The van der Waals surface area contributed by atoms with E-state index >= 15 is 0 Å². The molecule has 0 atom stereocenters. The van der Waals surface area contributed by atoms with Gasteiger partial charge in [0.2, 0.25) is 0 Å². The van der Waals surface area contributed by atoms with Crippen molar-refractivity contribution in [3.8, 4) is 0 Å². The van der Waals surface area contributed by atoms with Crippen LogP contribution in [0.4, 0.5) is 18.9 Å². The fraction of sp³-hybridized carbons (Fsp3) is 0.308. The van der Waals surface area contributed by atoms with Gasteiger partial charge in [0.15, 0.2) is 0 Å². The van der Waals surface area contributed by atoms with Crippen molar-refractivity contribution in [2.24, 2.45) is 0 Å². The van der Waals surface area contributed by atoms with Crippen molar-refractivity contribution in [1.29, 1.82) is 0 Å². The number of rotatable bonds is 2. The predicted octanol–water partition coefficient (Wildman–Crippen LogP) is 3.59. The Bertz CT molecular complexity index is 663. The number of nitrogens with zero attached hydrogens (tertiary/aromatic N) is 1. The number of hydrogen-bond donors (Lipinski definition) is 1. The van der Waals surface area contributed by atoms with Gasteiger partial charge in [0, 0.05) is 23.7 Å². The highest BCUT2D eigenvalue weighted by Crippen LogP contribution is 2.38. The minimum absolute atomic E-state index is 0.112. The zero-order valence-corrected chi connectivity index (χ0v) is 11.7. The molecule has 1 aromatic carbocycles. The highest BCUT2D eigenvalue weighted by atomic mass is 32.1. The molecule has 1 aromatic heterocycles. The highest BCUT2D eigenvalue weighted by Gasteiger charge is 2.31. The molecule has 0 spiro atoms. The molecule has 0 aliphatic heterocycles. The van der Waals surface area contributed by atoms with Gasteiger partial charge in [-0.25, -0.2) is 0 Å². The number of hydrogen-bond acceptors (Lipinski definition) is 3. The van der Waals surface area contributed by atoms with Gasteiger partial charge >= 0.3 is 6.18 Å². The Kier molecular flexibility index (Phi) is 3.64. The second-order valence-electron chi connectivity index (χ2n) is 4.37. The smallest absolute Gasteiger partial charge is 0.397 e. The van der Waals surface area contributed by atoms with Gasteiger partial charge in [-0.3, -0.25) is 4.79 Å². The molecule has 0 unspecified atom stereocenters. The van der Waals surface area contributed by atoms with E-state index in [1.165, 1.54) is 11.0 Å². The molecule has 1 amide bonds. The fourth-order valence-electron chi connectivity index (χ4n) is 1.77. The average molecular weight is 302 g/mol. The number of anilines is 1. The van der Waals surface area contributed by atoms with E-state index in [2.05, 4.69) is 0 Å². The van der Waals surface area contributed by atoms with Crippen LogP contribution in [-0.4, -0.2) is 24.4 Å². The zero-order chi connectivity index (χ0) is 15.1. The minimum atomic E-state index is -4.42. The Morgan fingerprint density at radius 3 is 2.60 bits per heavy atom. The predicted molar refractivity (Wildman–Crippen MR) is 73.9 cm³/mol. The van der Waals surface area contributed by atoms with Crippen molar-refractivity contribution in [2.75, 3.05) is 19.3 Å². The number of benzene rings is 1. The molecule has 0 radical (unpaired) electrons. The second kappa shape index (κ2) is 4.97. The third kappa shape index (κ3) is 2.45. The lowest BCUT2D eigenvalue weighted by molar-refractivity contribution is -0.137. The van der Waals surface area contributed by atoms with Crippen LogP contribution in [0.25, 0.3) is 10.1 Å². The van der Waals surface area contributed by atoms with Gasteiger partial charge < -0.3 is 10.6 Å². The number of fused-ring (bicyclic) bond motifs is 1. The maximum atomic E-state index is 12.7. The second-order valence-corrected chi connectivity index (χ2v) is 5.43. The van der Waals surface area contributed by atoms with Crippen molar-refractivity contribution in [1.82, 2.24) is 4.90 Å². The first kappa shape index (κ1) is 14.6. The normalized spacial score (nSPS) is 11.8. The molecule has 2 aromatic rings. The lowest BCUT2D eigenvalue weighted by Crippen LogP contribution is -2.25. The summed E-state index contributed by atoms with van der Waals surface area (Å²) in [6, 6.07) is 3.34. The summed E-state index contributed by atoms with van der Waals surface area (Å²) in [5, 5.41) is 0.276. The Morgan fingerprint density at radius 2 is 2.05 bits per heavy atom. The van der Waals surface area contributed by atoms with Gasteiger partial charge in [-0.05, 0) is 25.1 Å². The van der Waals surface area contributed by atoms with Crippen molar-refractivity contribution >= 4 is 33.0 Å². The van der Waals surface area contributed by atoms with Gasteiger partial charge in [-0.15, -0.1) is 11.3 Å². The first-order chi connectivity index (χ1) is 9.25. The van der Waals surface area contributed by atoms with Gasteiger partial charge in [-0.2, -0.15) is 13.2 Å². The molecule has 0 saturated heterocycles. The number of carbonyl (C=O) groups excluding carboxylic acids is 1. The van der Waals surface area contributed by atoms with Crippen molar-refractivity contribution in [3.63, 3.8) is 0 Å². The van der Waals surface area contributed by atoms with Gasteiger partial charge in [0.05, 0.1) is 11.3 Å². The number of thiophene rings is 1. The first-order valence-electron chi connectivity index (χ1n) is 5.90. The average Bonchev–Trinajstić information content (AvgIpc) is 2.73. The SMILES string of the molecule is CCN(C)C(=O)c1sc2ccc(C(F)(F)F)cc2c1N. The summed E-state index contributed by atoms with van der Waals surface area (Å²) in [6.07, 6.45) is -4.42. The van der Waals surface area contributed by atoms with E-state index in [0.717, 1.165) is 23.5 Å². The van der Waals surface area contributed by atoms with Crippen LogP contribution in [0, 0.1) is 0 Å². The number of alkyl halides is 3. The number of amides is 1. The van der Waals surface area contributed by atoms with Gasteiger partial charge in [-0.1, -0.05) is 0 Å². The first-order valence-corrected chi connectivity index (χ1v) is 6.72. The maximum absolute atomic E-state index is 12.7. The molecule has 1 heterocycles. The molecule has 0 bridgehead atoms. The van der Waals surface area contributed by atoms with Crippen LogP contribution in [0.1, 0.15) is 22.2 Å². The summed E-state index contributed by atoms with van der Waals surface area (Å²) < 4.78 is 38.6. The summed E-state index contributed by atoms with van der Waals surface area (Å²) in [7, 11) is 1.62. The van der Waals surface area contributed by atoms with E-state index in [1.807, 2.05) is 6.92 Å². The molecule has 7 heteroatoms. The van der Waals surface area contributed by atoms with E-state index in [4.69, 9.17) is 5.73 Å². The van der Waals surface area contributed by atoms with E-state index in [1.54, 1.807) is 7.05 Å². The van der Waals surface area contributed by atoms with Crippen molar-refractivity contribution < 1.29 is 18.0 Å². The van der Waals surface area contributed by atoms with Crippen LogP contribution in [0.2, 0.25) is 0 Å². The molecular formula is C13H13F3N2OS. The highest BCUT2D eigenvalue weighted by molar-refractivity contribution is 7.21. The molecule has 0 aliphatic carbocycles. The lowest BCUT2D eigenvalue weighted by atomic mass is 10.1. The molecule has 0 fully saturated rings. The lowest BCUT2D eigenvalue weighted by Gasteiger charge is -2.13. The van der Waals surface area contributed by atoms with Crippen molar-refractivity contribution in [3.05, 3.63) is 28.6 Å². The van der Waals surface area contributed by atoms with Crippen LogP contribution in [0.15, 0.2) is 18.2 Å². The minimum Gasteiger partial charge on any atom is -0.397 e. The largest absolute Gasteiger partial charge is 0.416 e. The number of nitrogens with two attached hydrogens (primary N) is 1. The summed E-state index contributed by atoms with van der Waals surface area (Å²) in [5.41, 5.74) is 5.19. The molecule has 2 N–H and O–H groups in total. The summed E-state index contributed by atoms with van der Waals surface area (Å²) in [5.74, 6) is -0.278. The number of nitrogen functional groups attached to an aromatic ring is 1. The maximum Gasteiger partial charge on any atom is 0.416 e. The van der Waals surface area contributed by atoms with E-state index < -0.39 is 11.7 Å². The third-order valence-electron chi connectivity index (χ3n) is 3.07. The van der Waals surface area contributed by atoms with Crippen LogP contribution < -0.4 is 5.73 Å². The van der Waals surface area contributed by atoms with Gasteiger partial charge in [0.1, 0.15) is 4.88 Å². The topological polar surface area (TPSA) is 46.3 Å². The zero-order valence-electron chi connectivity index (χ0n) is 10.9.